The van der Waals surface area contributed by atoms with Crippen molar-refractivity contribution < 1.29 is 23.7 Å². The molecule has 0 aromatic heterocycles. The van der Waals surface area contributed by atoms with E-state index in [1.165, 1.54) is 14.2 Å². The van der Waals surface area contributed by atoms with E-state index in [1.807, 2.05) is 22.6 Å². The second-order valence-corrected chi connectivity index (χ2v) is 4.09. The highest BCUT2D eigenvalue weighted by molar-refractivity contribution is 14.1. The highest BCUT2D eigenvalue weighted by Gasteiger charge is 2.13. The normalized spacial score (nSPS) is 10.1. The summed E-state index contributed by atoms with van der Waals surface area (Å²) >= 11 is 2.03. The summed E-state index contributed by atoms with van der Waals surface area (Å²) in [5.41, 5.74) is 0.543. The smallest absolute Gasteiger partial charge is 0.188 e. The van der Waals surface area contributed by atoms with E-state index in [0.717, 1.165) is 6.29 Å². The summed E-state index contributed by atoms with van der Waals surface area (Å²) in [6, 6.07) is 3.33. The van der Waals surface area contributed by atoms with E-state index < -0.39 is 0 Å². The molecule has 0 saturated heterocycles. The summed E-state index contributed by atoms with van der Waals surface area (Å²) < 4.78 is 21.1. The van der Waals surface area contributed by atoms with Crippen LogP contribution in [0, 0.1) is 3.57 Å². The van der Waals surface area contributed by atoms with Gasteiger partial charge < -0.3 is 18.9 Å². The molecule has 6 heteroatoms. The zero-order chi connectivity index (χ0) is 12.7. The van der Waals surface area contributed by atoms with Crippen molar-refractivity contribution in [1.82, 2.24) is 0 Å². The maximum absolute atomic E-state index is 10.8. The van der Waals surface area contributed by atoms with Gasteiger partial charge in [-0.3, -0.25) is 4.79 Å². The van der Waals surface area contributed by atoms with Crippen LogP contribution in [0.2, 0.25) is 0 Å². The molecule has 94 valence electrons. The predicted molar refractivity (Wildman–Crippen MR) is 69.6 cm³/mol. The van der Waals surface area contributed by atoms with Crippen molar-refractivity contribution in [2.24, 2.45) is 0 Å². The molecule has 0 heterocycles. The average Bonchev–Trinajstić information content (AvgIpc) is 2.35. The minimum Gasteiger partial charge on any atom is -0.464 e. The molecule has 1 aromatic carbocycles. The fourth-order valence-corrected chi connectivity index (χ4v) is 1.86. The summed E-state index contributed by atoms with van der Waals surface area (Å²) in [7, 11) is 3.05. The van der Waals surface area contributed by atoms with Crippen LogP contribution in [0.3, 0.4) is 0 Å². The Morgan fingerprint density at radius 3 is 2.41 bits per heavy atom. The first-order chi connectivity index (χ1) is 8.24. The van der Waals surface area contributed by atoms with Crippen LogP contribution in [0.4, 0.5) is 0 Å². The highest BCUT2D eigenvalue weighted by atomic mass is 127. The van der Waals surface area contributed by atoms with E-state index in [1.54, 1.807) is 12.1 Å². The molecule has 0 saturated carbocycles. The lowest BCUT2D eigenvalue weighted by Crippen LogP contribution is -2.06. The first kappa shape index (κ1) is 14.2. The molecule has 0 fully saturated rings. The SMILES string of the molecule is COCOc1ccc(C=O)c(I)c1OCOC. The van der Waals surface area contributed by atoms with Crippen molar-refractivity contribution in [2.75, 3.05) is 27.8 Å². The van der Waals surface area contributed by atoms with Crippen LogP contribution in [0.1, 0.15) is 10.4 Å². The molecule has 0 aliphatic carbocycles. The number of halogens is 1. The van der Waals surface area contributed by atoms with Gasteiger partial charge in [0.2, 0.25) is 0 Å². The Kier molecular flexibility index (Phi) is 6.23. The number of methoxy groups -OCH3 is 2. The van der Waals surface area contributed by atoms with Crippen LogP contribution in [-0.4, -0.2) is 34.1 Å². The Morgan fingerprint density at radius 2 is 1.82 bits per heavy atom. The second-order valence-electron chi connectivity index (χ2n) is 3.02. The second kappa shape index (κ2) is 7.46. The summed E-state index contributed by atoms with van der Waals surface area (Å²) in [5.74, 6) is 0.994. The zero-order valence-electron chi connectivity index (χ0n) is 9.57. The number of benzene rings is 1. The molecule has 0 radical (unpaired) electrons. The Labute approximate surface area is 113 Å². The van der Waals surface area contributed by atoms with Gasteiger partial charge in [0.15, 0.2) is 31.4 Å². The Balaban J connectivity index is 3.01. The average molecular weight is 352 g/mol. The predicted octanol–water partition coefficient (Wildman–Crippen LogP) is 2.07. The van der Waals surface area contributed by atoms with Gasteiger partial charge in [0.25, 0.3) is 0 Å². The first-order valence-electron chi connectivity index (χ1n) is 4.75. The van der Waals surface area contributed by atoms with Gasteiger partial charge in [-0.15, -0.1) is 0 Å². The van der Waals surface area contributed by atoms with Crippen molar-refractivity contribution >= 4 is 28.9 Å². The van der Waals surface area contributed by atoms with Crippen molar-refractivity contribution in [3.05, 3.63) is 21.3 Å². The summed E-state index contributed by atoms with van der Waals surface area (Å²) in [4.78, 5) is 10.8. The van der Waals surface area contributed by atoms with Crippen molar-refractivity contribution in [2.45, 2.75) is 0 Å². The van der Waals surface area contributed by atoms with Gasteiger partial charge in [-0.1, -0.05) is 0 Å². The van der Waals surface area contributed by atoms with E-state index in [2.05, 4.69) is 0 Å². The number of carbonyl (C=O) groups excluding carboxylic acids is 1. The maximum Gasteiger partial charge on any atom is 0.188 e. The Bertz CT molecular complexity index is 380. The molecule has 0 spiro atoms. The van der Waals surface area contributed by atoms with Crippen molar-refractivity contribution in [3.63, 3.8) is 0 Å². The van der Waals surface area contributed by atoms with E-state index in [-0.39, 0.29) is 13.6 Å². The van der Waals surface area contributed by atoms with Crippen LogP contribution in [0.15, 0.2) is 12.1 Å². The van der Waals surface area contributed by atoms with E-state index in [9.17, 15) is 4.79 Å². The van der Waals surface area contributed by atoms with Crippen LogP contribution < -0.4 is 9.47 Å². The molecule has 17 heavy (non-hydrogen) atoms. The lowest BCUT2D eigenvalue weighted by molar-refractivity contribution is 0.0317. The van der Waals surface area contributed by atoms with Crippen LogP contribution in [0.25, 0.3) is 0 Å². The Morgan fingerprint density at radius 1 is 1.18 bits per heavy atom. The molecule has 0 aliphatic heterocycles. The molecule has 0 N–H and O–H groups in total. The third kappa shape index (κ3) is 3.83. The number of carbonyl (C=O) groups is 1. The van der Waals surface area contributed by atoms with Gasteiger partial charge in [-0.25, -0.2) is 0 Å². The quantitative estimate of drug-likeness (QED) is 0.427. The molecule has 0 amide bonds. The monoisotopic (exact) mass is 352 g/mol. The molecule has 1 aromatic rings. The number of rotatable bonds is 7. The molecule has 1 rings (SSSR count). The van der Waals surface area contributed by atoms with Gasteiger partial charge in [-0.2, -0.15) is 0 Å². The summed E-state index contributed by atoms with van der Waals surface area (Å²) in [6.07, 6.45) is 0.765. The highest BCUT2D eigenvalue weighted by Crippen LogP contribution is 2.34. The number of hydrogen-bond donors (Lipinski definition) is 0. The third-order valence-corrected chi connectivity index (χ3v) is 2.98. The fourth-order valence-electron chi connectivity index (χ4n) is 1.13. The standard InChI is InChI=1S/C11H13IO5/c1-14-6-16-9-4-3-8(5-13)10(12)11(9)17-7-15-2/h3-5H,6-7H2,1-2H3. The third-order valence-electron chi connectivity index (χ3n) is 1.87. The van der Waals surface area contributed by atoms with Gasteiger partial charge in [0, 0.05) is 19.8 Å². The summed E-state index contributed by atoms with van der Waals surface area (Å²) in [6.45, 7) is 0.196. The summed E-state index contributed by atoms with van der Waals surface area (Å²) in [5, 5.41) is 0. The first-order valence-corrected chi connectivity index (χ1v) is 5.83. The van der Waals surface area contributed by atoms with Gasteiger partial charge in [0.05, 0.1) is 3.57 Å². The number of aldehydes is 1. The van der Waals surface area contributed by atoms with Crippen molar-refractivity contribution in [3.8, 4) is 11.5 Å². The van der Waals surface area contributed by atoms with Crippen LogP contribution in [-0.2, 0) is 9.47 Å². The maximum atomic E-state index is 10.8. The zero-order valence-corrected chi connectivity index (χ0v) is 11.7. The van der Waals surface area contributed by atoms with E-state index in [0.29, 0.717) is 20.6 Å². The molecule has 5 nitrogen and oxygen atoms in total. The fraction of sp³-hybridized carbons (Fsp3) is 0.364. The van der Waals surface area contributed by atoms with Crippen molar-refractivity contribution in [1.29, 1.82) is 0 Å². The minimum absolute atomic E-state index is 0.0850. The Hall–Kier alpha value is -0.860. The molecule has 0 bridgehead atoms. The van der Waals surface area contributed by atoms with E-state index >= 15 is 0 Å². The molecular weight excluding hydrogens is 339 g/mol. The lowest BCUT2D eigenvalue weighted by atomic mass is 10.2. The topological polar surface area (TPSA) is 54.0 Å². The molecule has 0 unspecified atom stereocenters. The van der Waals surface area contributed by atoms with Gasteiger partial charge >= 0.3 is 0 Å². The molecular formula is C11H13IO5. The van der Waals surface area contributed by atoms with Gasteiger partial charge in [-0.05, 0) is 34.7 Å². The lowest BCUT2D eigenvalue weighted by Gasteiger charge is -2.14. The van der Waals surface area contributed by atoms with Gasteiger partial charge in [0.1, 0.15) is 0 Å². The molecule has 0 atom stereocenters. The van der Waals surface area contributed by atoms with Crippen LogP contribution in [0.5, 0.6) is 11.5 Å². The number of ether oxygens (including phenoxy) is 4. The minimum atomic E-state index is 0.0850. The van der Waals surface area contributed by atoms with E-state index in [4.69, 9.17) is 18.9 Å². The largest absolute Gasteiger partial charge is 0.464 e. The number of hydrogen-bond acceptors (Lipinski definition) is 5. The molecule has 0 aliphatic rings. The van der Waals surface area contributed by atoms with Crippen LogP contribution >= 0.6 is 22.6 Å².